The normalized spacial score (nSPS) is 23.9. The molecule has 0 aliphatic carbocycles. The molecular weight excluding hydrogens is 303 g/mol. The van der Waals surface area contributed by atoms with Crippen molar-refractivity contribution in [1.82, 2.24) is 9.97 Å². The molecule has 24 heavy (non-hydrogen) atoms. The lowest BCUT2D eigenvalue weighted by molar-refractivity contribution is 0.00578. The number of H-pyrrole nitrogens is 1. The molecule has 0 spiro atoms. The average molecular weight is 328 g/mol. The maximum atomic E-state index is 6.23. The lowest BCUT2D eigenvalue weighted by atomic mass is 9.77. The maximum Gasteiger partial charge on any atom is 0.495 e. The van der Waals surface area contributed by atoms with Gasteiger partial charge >= 0.3 is 7.12 Å². The number of nitrogens with zero attached hydrogens (tertiary/aromatic N) is 1. The first kappa shape index (κ1) is 16.1. The minimum Gasteiger partial charge on any atom is -0.399 e. The van der Waals surface area contributed by atoms with Crippen molar-refractivity contribution in [1.29, 1.82) is 0 Å². The van der Waals surface area contributed by atoms with Crippen LogP contribution in [0.15, 0.2) is 18.3 Å². The molecule has 128 valence electrons. The standard InChI is InChI=1S/C18H25BN2O3/c1-17(2)18(3,4)24-19(23-17)14-5-8-20-16-13(14)11-15(21-16)12-6-9-22-10-7-12/h5,8,11-12H,6-7,9-10H2,1-4H3,(H,20,21). The molecule has 2 aliphatic heterocycles. The predicted octanol–water partition coefficient (Wildman–Crippen LogP) is 2.76. The number of rotatable bonds is 2. The van der Waals surface area contributed by atoms with E-state index in [9.17, 15) is 0 Å². The lowest BCUT2D eigenvalue weighted by Gasteiger charge is -2.32. The molecule has 2 aromatic heterocycles. The van der Waals surface area contributed by atoms with Crippen molar-refractivity contribution in [3.63, 3.8) is 0 Å². The van der Waals surface area contributed by atoms with Crippen LogP contribution >= 0.6 is 0 Å². The van der Waals surface area contributed by atoms with E-state index in [1.807, 2.05) is 12.3 Å². The Bertz CT molecular complexity index is 734. The second-order valence-electron chi connectivity index (χ2n) is 7.86. The highest BCUT2D eigenvalue weighted by Gasteiger charge is 2.52. The van der Waals surface area contributed by atoms with Gasteiger partial charge in [0, 0.05) is 36.4 Å². The summed E-state index contributed by atoms with van der Waals surface area (Å²) in [5.74, 6) is 0.513. The number of nitrogens with one attached hydrogen (secondary N) is 1. The Kier molecular flexibility index (Phi) is 3.75. The van der Waals surface area contributed by atoms with E-state index in [0.29, 0.717) is 5.92 Å². The highest BCUT2D eigenvalue weighted by atomic mass is 16.7. The van der Waals surface area contributed by atoms with Crippen LogP contribution in [0, 0.1) is 0 Å². The summed E-state index contributed by atoms with van der Waals surface area (Å²) >= 11 is 0. The summed E-state index contributed by atoms with van der Waals surface area (Å²) in [4.78, 5) is 8.00. The summed E-state index contributed by atoms with van der Waals surface area (Å²) in [5, 5.41) is 1.09. The SMILES string of the molecule is CC1(C)OB(c2ccnc3[nH]c(C4CCOCC4)cc23)OC1(C)C. The fourth-order valence-corrected chi connectivity index (χ4v) is 3.47. The zero-order valence-corrected chi connectivity index (χ0v) is 14.9. The predicted molar refractivity (Wildman–Crippen MR) is 94.6 cm³/mol. The van der Waals surface area contributed by atoms with Crippen LogP contribution in [0.25, 0.3) is 11.0 Å². The molecule has 0 radical (unpaired) electrons. The van der Waals surface area contributed by atoms with Crippen molar-refractivity contribution in [2.24, 2.45) is 0 Å². The topological polar surface area (TPSA) is 56.4 Å². The summed E-state index contributed by atoms with van der Waals surface area (Å²) in [5.41, 5.74) is 2.52. The Labute approximate surface area is 143 Å². The highest BCUT2D eigenvalue weighted by molar-refractivity contribution is 6.65. The summed E-state index contributed by atoms with van der Waals surface area (Å²) in [6.45, 7) is 9.98. The summed E-state index contributed by atoms with van der Waals surface area (Å²) < 4.78 is 17.9. The van der Waals surface area contributed by atoms with E-state index in [1.54, 1.807) is 0 Å². The van der Waals surface area contributed by atoms with E-state index in [-0.39, 0.29) is 18.3 Å². The van der Waals surface area contributed by atoms with Crippen LogP contribution in [0.1, 0.15) is 52.1 Å². The molecule has 2 aliphatic rings. The second-order valence-corrected chi connectivity index (χ2v) is 7.86. The quantitative estimate of drug-likeness (QED) is 0.862. The van der Waals surface area contributed by atoms with E-state index in [0.717, 1.165) is 42.6 Å². The fraction of sp³-hybridized carbons (Fsp3) is 0.611. The number of ether oxygens (including phenoxy) is 1. The number of fused-ring (bicyclic) bond motifs is 1. The highest BCUT2D eigenvalue weighted by Crippen LogP contribution is 2.37. The number of aromatic nitrogens is 2. The minimum atomic E-state index is -0.362. The molecule has 1 N–H and O–H groups in total. The van der Waals surface area contributed by atoms with Crippen molar-refractivity contribution in [3.8, 4) is 0 Å². The molecule has 0 unspecified atom stereocenters. The van der Waals surface area contributed by atoms with Gasteiger partial charge in [0.1, 0.15) is 5.65 Å². The molecule has 0 aromatic carbocycles. The van der Waals surface area contributed by atoms with Gasteiger partial charge in [-0.3, -0.25) is 0 Å². The average Bonchev–Trinajstić information content (AvgIpc) is 3.06. The summed E-state index contributed by atoms with van der Waals surface area (Å²) in [6, 6.07) is 4.23. The van der Waals surface area contributed by atoms with Gasteiger partial charge in [0.05, 0.1) is 11.2 Å². The second kappa shape index (κ2) is 5.58. The molecule has 0 amide bonds. The maximum absolute atomic E-state index is 6.23. The summed E-state index contributed by atoms with van der Waals surface area (Å²) in [6.07, 6.45) is 3.93. The van der Waals surface area contributed by atoms with Gasteiger partial charge in [-0.1, -0.05) is 0 Å². The first-order chi connectivity index (χ1) is 11.4. The summed E-state index contributed by atoms with van der Waals surface area (Å²) in [7, 11) is -0.362. The molecule has 2 aromatic rings. The Morgan fingerprint density at radius 1 is 1.12 bits per heavy atom. The van der Waals surface area contributed by atoms with Crippen LogP contribution in [0.5, 0.6) is 0 Å². The monoisotopic (exact) mass is 328 g/mol. The molecule has 2 saturated heterocycles. The van der Waals surface area contributed by atoms with E-state index in [2.05, 4.69) is 43.7 Å². The zero-order chi connectivity index (χ0) is 16.9. The van der Waals surface area contributed by atoms with Crippen LogP contribution in [0.3, 0.4) is 0 Å². The molecule has 0 saturated carbocycles. The first-order valence-electron chi connectivity index (χ1n) is 8.78. The smallest absolute Gasteiger partial charge is 0.399 e. The number of aromatic amines is 1. The molecule has 0 bridgehead atoms. The third-order valence-corrected chi connectivity index (χ3v) is 5.75. The number of hydrogen-bond donors (Lipinski definition) is 1. The Morgan fingerprint density at radius 3 is 2.46 bits per heavy atom. The van der Waals surface area contributed by atoms with Gasteiger partial charge in [-0.25, -0.2) is 4.98 Å². The van der Waals surface area contributed by atoms with Crippen LogP contribution < -0.4 is 5.46 Å². The third kappa shape index (κ3) is 2.57. The van der Waals surface area contributed by atoms with Gasteiger partial charge in [0.25, 0.3) is 0 Å². The Balaban J connectivity index is 1.70. The first-order valence-corrected chi connectivity index (χ1v) is 8.78. The van der Waals surface area contributed by atoms with Crippen molar-refractivity contribution in [2.75, 3.05) is 13.2 Å². The van der Waals surface area contributed by atoms with Crippen molar-refractivity contribution in [3.05, 3.63) is 24.0 Å². The molecule has 5 nitrogen and oxygen atoms in total. The van der Waals surface area contributed by atoms with Gasteiger partial charge in [-0.05, 0) is 58.1 Å². The van der Waals surface area contributed by atoms with E-state index >= 15 is 0 Å². The largest absolute Gasteiger partial charge is 0.495 e. The van der Waals surface area contributed by atoms with E-state index < -0.39 is 0 Å². The van der Waals surface area contributed by atoms with Gasteiger partial charge in [-0.2, -0.15) is 0 Å². The third-order valence-electron chi connectivity index (χ3n) is 5.75. The molecule has 4 rings (SSSR count). The van der Waals surface area contributed by atoms with E-state index in [1.165, 1.54) is 5.69 Å². The Hall–Kier alpha value is -1.37. The fourth-order valence-electron chi connectivity index (χ4n) is 3.47. The van der Waals surface area contributed by atoms with Crippen LogP contribution in [-0.2, 0) is 14.0 Å². The van der Waals surface area contributed by atoms with Crippen LogP contribution in [0.4, 0.5) is 0 Å². The zero-order valence-electron chi connectivity index (χ0n) is 14.9. The van der Waals surface area contributed by atoms with Gasteiger partial charge in [0.15, 0.2) is 0 Å². The lowest BCUT2D eigenvalue weighted by Crippen LogP contribution is -2.41. The van der Waals surface area contributed by atoms with Crippen LogP contribution in [0.2, 0.25) is 0 Å². The van der Waals surface area contributed by atoms with Crippen molar-refractivity contribution < 1.29 is 14.0 Å². The van der Waals surface area contributed by atoms with Crippen molar-refractivity contribution >= 4 is 23.6 Å². The van der Waals surface area contributed by atoms with Gasteiger partial charge in [0.2, 0.25) is 0 Å². The number of hydrogen-bond acceptors (Lipinski definition) is 4. The van der Waals surface area contributed by atoms with E-state index in [4.69, 9.17) is 14.0 Å². The molecular formula is C18H25BN2O3. The molecule has 2 fully saturated rings. The number of pyridine rings is 1. The Morgan fingerprint density at radius 2 is 1.79 bits per heavy atom. The van der Waals surface area contributed by atoms with Gasteiger partial charge in [-0.15, -0.1) is 0 Å². The molecule has 4 heterocycles. The van der Waals surface area contributed by atoms with Crippen LogP contribution in [-0.4, -0.2) is 41.5 Å². The molecule has 6 heteroatoms. The molecule has 0 atom stereocenters. The minimum absolute atomic E-state index is 0.340. The van der Waals surface area contributed by atoms with Gasteiger partial charge < -0.3 is 19.0 Å². The van der Waals surface area contributed by atoms with Crippen molar-refractivity contribution in [2.45, 2.75) is 57.7 Å².